The highest BCUT2D eigenvalue weighted by molar-refractivity contribution is 7.47. The number of nitrogens with zero attached hydrogens (tertiary/aromatic N) is 1. The Balaban J connectivity index is 2.57. The fourth-order valence-electron chi connectivity index (χ4n) is 8.10. The summed E-state index contributed by atoms with van der Waals surface area (Å²) in [6, 6.07) is 0. The molecule has 2 atom stereocenters. The van der Waals surface area contributed by atoms with Crippen LogP contribution in [0.3, 0.4) is 0 Å². The number of hydrogen-bond acceptors (Lipinski definition) is 6. The van der Waals surface area contributed by atoms with E-state index < -0.39 is 13.6 Å². The van der Waals surface area contributed by atoms with E-state index >= 15 is 0 Å². The molecule has 340 valence electrons. The molecule has 7 nitrogen and oxygen atoms in total. The first-order chi connectivity index (χ1) is 27.8. The minimum atomic E-state index is -3.98. The van der Waals surface area contributed by atoms with Gasteiger partial charge < -0.3 is 14.4 Å². The molecular formula is C50H94NO6P. The van der Waals surface area contributed by atoms with Crippen molar-refractivity contribution in [2.75, 3.05) is 33.9 Å². The van der Waals surface area contributed by atoms with E-state index in [-0.39, 0.29) is 23.7 Å². The molecule has 1 saturated heterocycles. The molecule has 1 aliphatic rings. The predicted molar refractivity (Wildman–Crippen MR) is 249 cm³/mol. The van der Waals surface area contributed by atoms with Gasteiger partial charge in [0.05, 0.1) is 19.3 Å². The first kappa shape index (κ1) is 55.0. The Bertz CT molecular complexity index is 1100. The Morgan fingerprint density at radius 2 is 1.09 bits per heavy atom. The monoisotopic (exact) mass is 836 g/mol. The molecule has 0 bridgehead atoms. The van der Waals surface area contributed by atoms with Gasteiger partial charge in [0, 0.05) is 32.0 Å². The number of phosphoric ester groups is 1. The van der Waals surface area contributed by atoms with Crippen molar-refractivity contribution >= 4 is 7.82 Å². The minimum absolute atomic E-state index is 0.0109. The number of ether oxygens (including phenoxy) is 2. The largest absolute Gasteiger partial charge is 0.471 e. The molecule has 1 rings (SSSR count). The fourth-order valence-corrected chi connectivity index (χ4v) is 8.52. The molecule has 1 N–H and O–H groups in total. The maximum absolute atomic E-state index is 11.8. The number of rotatable bonds is 39. The molecule has 0 aromatic heterocycles. The number of likely N-dealkylation sites (N-methyl/N-ethyl adjacent to an activating group) is 1. The van der Waals surface area contributed by atoms with E-state index in [1.54, 1.807) is 0 Å². The zero-order chi connectivity index (χ0) is 42.9. The summed E-state index contributed by atoms with van der Waals surface area (Å²) in [5.74, 6) is -0.487. The summed E-state index contributed by atoms with van der Waals surface area (Å²) in [4.78, 5) is 11.8. The van der Waals surface area contributed by atoms with Gasteiger partial charge in [-0.2, -0.15) is 0 Å². The van der Waals surface area contributed by atoms with Gasteiger partial charge in [0.15, 0.2) is 5.79 Å². The van der Waals surface area contributed by atoms with Crippen molar-refractivity contribution < 1.29 is 28.0 Å². The lowest BCUT2D eigenvalue weighted by Gasteiger charge is -2.43. The van der Waals surface area contributed by atoms with Crippen molar-refractivity contribution in [3.8, 4) is 0 Å². The standard InChI is InChI=1S/C50H94NO6P/c1-9-11-13-15-17-19-21-23-25-27-29-31-33-35-37-39-41-50(42-40-38-36-34-32-30-28-26-24-22-20-18-16-14-12-10-2)55-45-47(57-50)48(3,4)46-49(5,6)51(7)43-44-56-58(52,53)54-8/h17-20,23-26,47H,9-16,21-22,27-46H2,1-8H3,(H,52,53). The highest BCUT2D eigenvalue weighted by Gasteiger charge is 2.48. The zero-order valence-electron chi connectivity index (χ0n) is 39.3. The summed E-state index contributed by atoms with van der Waals surface area (Å²) >= 11 is 0. The predicted octanol–water partition coefficient (Wildman–Crippen LogP) is 15.4. The first-order valence-corrected chi connectivity index (χ1v) is 25.5. The Morgan fingerprint density at radius 3 is 1.52 bits per heavy atom. The smallest absolute Gasteiger partial charge is 0.347 e. The number of hydrogen-bond donors (Lipinski definition) is 1. The molecular weight excluding hydrogens is 742 g/mol. The van der Waals surface area contributed by atoms with E-state index in [0.717, 1.165) is 44.9 Å². The van der Waals surface area contributed by atoms with Crippen molar-refractivity contribution in [2.45, 2.75) is 232 Å². The van der Waals surface area contributed by atoms with Crippen LogP contribution in [0.15, 0.2) is 48.6 Å². The highest BCUT2D eigenvalue weighted by atomic mass is 31.2. The lowest BCUT2D eigenvalue weighted by molar-refractivity contribution is -0.191. The normalized spacial score (nSPS) is 19.3. The third kappa shape index (κ3) is 27.7. The van der Waals surface area contributed by atoms with Crippen LogP contribution in [-0.4, -0.2) is 61.1 Å². The molecule has 1 heterocycles. The third-order valence-corrected chi connectivity index (χ3v) is 13.0. The van der Waals surface area contributed by atoms with Gasteiger partial charge in [-0.3, -0.25) is 13.9 Å². The summed E-state index contributed by atoms with van der Waals surface area (Å²) < 4.78 is 35.3. The van der Waals surface area contributed by atoms with E-state index in [2.05, 4.69) is 99.6 Å². The van der Waals surface area contributed by atoms with Gasteiger partial charge in [0.2, 0.25) is 0 Å². The Kier molecular flexibility index (Phi) is 31.8. The topological polar surface area (TPSA) is 77.5 Å². The molecule has 8 heteroatoms. The third-order valence-electron chi connectivity index (χ3n) is 12.1. The van der Waals surface area contributed by atoms with Gasteiger partial charge >= 0.3 is 7.82 Å². The maximum Gasteiger partial charge on any atom is 0.471 e. The second kappa shape index (κ2) is 33.6. The van der Waals surface area contributed by atoms with Crippen LogP contribution < -0.4 is 0 Å². The van der Waals surface area contributed by atoms with Crippen molar-refractivity contribution in [3.63, 3.8) is 0 Å². The van der Waals surface area contributed by atoms with Crippen LogP contribution in [0, 0.1) is 5.41 Å². The first-order valence-electron chi connectivity index (χ1n) is 24.0. The van der Waals surface area contributed by atoms with Gasteiger partial charge in [-0.25, -0.2) is 4.57 Å². The molecule has 0 spiro atoms. The molecule has 0 amide bonds. The summed E-state index contributed by atoms with van der Waals surface area (Å²) in [7, 11) is -0.752. The fraction of sp³-hybridized carbons (Fsp3) is 0.840. The summed E-state index contributed by atoms with van der Waals surface area (Å²) in [5.41, 5.74) is -0.312. The summed E-state index contributed by atoms with van der Waals surface area (Å²) in [5, 5.41) is 0. The molecule has 2 unspecified atom stereocenters. The second-order valence-corrected chi connectivity index (χ2v) is 19.9. The summed E-state index contributed by atoms with van der Waals surface area (Å²) in [6.45, 7) is 14.8. The molecule has 0 aromatic rings. The highest BCUT2D eigenvalue weighted by Crippen LogP contribution is 2.45. The molecule has 1 aliphatic heterocycles. The average Bonchev–Trinajstić information content (AvgIpc) is 3.62. The van der Waals surface area contributed by atoms with Crippen molar-refractivity contribution in [3.05, 3.63) is 48.6 Å². The Morgan fingerprint density at radius 1 is 0.672 bits per heavy atom. The number of unbranched alkanes of at least 4 members (excludes halogenated alkanes) is 18. The van der Waals surface area contributed by atoms with Crippen molar-refractivity contribution in [2.24, 2.45) is 5.41 Å². The van der Waals surface area contributed by atoms with Gasteiger partial charge in [0.1, 0.15) is 0 Å². The average molecular weight is 836 g/mol. The number of allylic oxidation sites excluding steroid dienone is 8. The molecule has 0 saturated carbocycles. The van der Waals surface area contributed by atoms with Gasteiger partial charge in [-0.05, 0) is 110 Å². The van der Waals surface area contributed by atoms with E-state index in [1.165, 1.54) is 136 Å². The second-order valence-electron chi connectivity index (χ2n) is 18.4. The van der Waals surface area contributed by atoms with E-state index in [9.17, 15) is 9.46 Å². The van der Waals surface area contributed by atoms with Crippen LogP contribution >= 0.6 is 7.82 Å². The minimum Gasteiger partial charge on any atom is -0.347 e. The zero-order valence-corrected chi connectivity index (χ0v) is 40.2. The van der Waals surface area contributed by atoms with Crippen LogP contribution in [0.2, 0.25) is 0 Å². The van der Waals surface area contributed by atoms with E-state index in [0.29, 0.717) is 13.2 Å². The lowest BCUT2D eigenvalue weighted by atomic mass is 9.75. The van der Waals surface area contributed by atoms with Crippen molar-refractivity contribution in [1.29, 1.82) is 0 Å². The van der Waals surface area contributed by atoms with Crippen LogP contribution in [0.25, 0.3) is 0 Å². The SMILES string of the molecule is CCCCCC=CCC=CCCCCCCCCC1(CCCCCCCCC=CCC=CCCCCC)OCC(C(C)(C)CC(C)(C)N(C)CCOP(=O)(O)OC)O1. The molecule has 1 fully saturated rings. The Hall–Kier alpha value is -1.05. The van der Waals surface area contributed by atoms with Gasteiger partial charge in [0.25, 0.3) is 0 Å². The van der Waals surface area contributed by atoms with Gasteiger partial charge in [-0.1, -0.05) is 153 Å². The van der Waals surface area contributed by atoms with Crippen LogP contribution in [0.1, 0.15) is 215 Å². The maximum atomic E-state index is 11.8. The van der Waals surface area contributed by atoms with Crippen LogP contribution in [0.4, 0.5) is 0 Å². The molecule has 0 aliphatic carbocycles. The molecule has 0 radical (unpaired) electrons. The Labute approximate surface area is 359 Å². The summed E-state index contributed by atoms with van der Waals surface area (Å²) in [6.07, 6.45) is 51.5. The lowest BCUT2D eigenvalue weighted by Crippen LogP contribution is -2.48. The van der Waals surface area contributed by atoms with E-state index in [1.807, 2.05) is 7.05 Å². The van der Waals surface area contributed by atoms with E-state index in [4.69, 9.17) is 14.0 Å². The van der Waals surface area contributed by atoms with Crippen molar-refractivity contribution in [1.82, 2.24) is 4.90 Å². The number of phosphoric acid groups is 1. The quantitative estimate of drug-likeness (QED) is 0.0375. The van der Waals surface area contributed by atoms with Gasteiger partial charge in [-0.15, -0.1) is 0 Å². The molecule has 0 aromatic carbocycles. The molecule has 58 heavy (non-hydrogen) atoms. The van der Waals surface area contributed by atoms with Crippen LogP contribution in [0.5, 0.6) is 0 Å². The van der Waals surface area contributed by atoms with Crippen LogP contribution in [-0.2, 0) is 23.1 Å².